The highest BCUT2D eigenvalue weighted by atomic mass is 16.7. The normalized spacial score (nSPS) is 39.3. The lowest BCUT2D eigenvalue weighted by Crippen LogP contribution is -2.59. The lowest BCUT2D eigenvalue weighted by atomic mass is 9.99. The lowest BCUT2D eigenvalue weighted by molar-refractivity contribution is -0.300. The van der Waals surface area contributed by atoms with Crippen molar-refractivity contribution in [2.24, 2.45) is 0 Å². The molecule has 1 fully saturated rings. The van der Waals surface area contributed by atoms with E-state index in [-0.39, 0.29) is 6.61 Å². The molecule has 0 spiro atoms. The first-order valence-electron chi connectivity index (χ1n) is 4.97. The molecular weight excluding hydrogens is 216 g/mol. The van der Waals surface area contributed by atoms with Crippen molar-refractivity contribution < 1.29 is 29.9 Å². The molecule has 0 aromatic carbocycles. The molecule has 0 bridgehead atoms. The van der Waals surface area contributed by atoms with Crippen LogP contribution in [0.2, 0.25) is 0 Å². The number of hydrogen-bond donors (Lipinski definition) is 4. The van der Waals surface area contributed by atoms with Crippen LogP contribution in [0, 0.1) is 12.3 Å². The van der Waals surface area contributed by atoms with Gasteiger partial charge in [-0.15, -0.1) is 12.3 Å². The first-order chi connectivity index (χ1) is 7.61. The summed E-state index contributed by atoms with van der Waals surface area (Å²) in [6.07, 6.45) is -0.831. The summed E-state index contributed by atoms with van der Waals surface area (Å²) >= 11 is 0. The van der Waals surface area contributed by atoms with Crippen molar-refractivity contribution in [3.8, 4) is 12.3 Å². The Bertz CT molecular complexity index is 248. The summed E-state index contributed by atoms with van der Waals surface area (Å²) in [6.45, 7) is -0.306. The van der Waals surface area contributed by atoms with Gasteiger partial charge in [0, 0.05) is 6.42 Å². The summed E-state index contributed by atoms with van der Waals surface area (Å²) in [7, 11) is 0. The van der Waals surface area contributed by atoms with E-state index in [1.165, 1.54) is 0 Å². The van der Waals surface area contributed by atoms with E-state index in [0.29, 0.717) is 6.42 Å². The Labute approximate surface area is 93.4 Å². The highest BCUT2D eigenvalue weighted by Gasteiger charge is 2.43. The molecule has 0 aromatic heterocycles. The van der Waals surface area contributed by atoms with E-state index in [0.717, 1.165) is 0 Å². The Morgan fingerprint density at radius 1 is 1.19 bits per heavy atom. The number of ether oxygens (including phenoxy) is 2. The van der Waals surface area contributed by atoms with Crippen LogP contribution in [0.15, 0.2) is 0 Å². The average Bonchev–Trinajstić information content (AvgIpc) is 2.29. The molecule has 0 unspecified atom stereocenters. The maximum Gasteiger partial charge on any atom is 0.186 e. The Balaban J connectivity index is 2.54. The molecule has 6 nitrogen and oxygen atoms in total. The van der Waals surface area contributed by atoms with E-state index in [1.54, 1.807) is 0 Å². The summed E-state index contributed by atoms with van der Waals surface area (Å²) in [5.74, 6) is 2.34. The largest absolute Gasteiger partial charge is 0.394 e. The third-order valence-electron chi connectivity index (χ3n) is 2.38. The van der Waals surface area contributed by atoms with Crippen molar-refractivity contribution >= 4 is 0 Å². The molecule has 16 heavy (non-hydrogen) atoms. The predicted octanol–water partition coefficient (Wildman–Crippen LogP) is -2.17. The Morgan fingerprint density at radius 3 is 2.44 bits per heavy atom. The molecule has 1 aliphatic heterocycles. The minimum atomic E-state index is -1.42. The molecule has 0 aromatic rings. The zero-order valence-electron chi connectivity index (χ0n) is 8.69. The minimum absolute atomic E-state index is 0.166. The maximum absolute atomic E-state index is 9.53. The second-order valence-corrected chi connectivity index (χ2v) is 3.52. The van der Waals surface area contributed by atoms with Crippen LogP contribution in [-0.4, -0.2) is 64.3 Å². The zero-order valence-corrected chi connectivity index (χ0v) is 8.69. The molecule has 92 valence electrons. The van der Waals surface area contributed by atoms with Gasteiger partial charge >= 0.3 is 0 Å². The highest BCUT2D eigenvalue weighted by Crippen LogP contribution is 2.21. The van der Waals surface area contributed by atoms with Gasteiger partial charge in [0.25, 0.3) is 0 Å². The van der Waals surface area contributed by atoms with Gasteiger partial charge in [0.1, 0.15) is 24.4 Å². The molecular formula is C10H16O6. The van der Waals surface area contributed by atoms with Gasteiger partial charge in [0.05, 0.1) is 13.2 Å². The van der Waals surface area contributed by atoms with Gasteiger partial charge in [-0.1, -0.05) is 0 Å². The monoisotopic (exact) mass is 232 g/mol. The van der Waals surface area contributed by atoms with Crippen molar-refractivity contribution in [2.75, 3.05) is 13.2 Å². The van der Waals surface area contributed by atoms with Crippen LogP contribution in [0.25, 0.3) is 0 Å². The quantitative estimate of drug-likeness (QED) is 0.325. The SMILES string of the molecule is C#CCCO[C@H]1O[C@H](CO)[C@H](O)[C@H](O)[C@H]1O. The Hall–Kier alpha value is -0.680. The van der Waals surface area contributed by atoms with Crippen molar-refractivity contribution in [2.45, 2.75) is 37.1 Å². The van der Waals surface area contributed by atoms with Crippen LogP contribution < -0.4 is 0 Å². The van der Waals surface area contributed by atoms with Crippen LogP contribution in [0.4, 0.5) is 0 Å². The number of rotatable bonds is 4. The van der Waals surface area contributed by atoms with E-state index < -0.39 is 37.3 Å². The molecule has 4 N–H and O–H groups in total. The zero-order chi connectivity index (χ0) is 12.1. The van der Waals surface area contributed by atoms with Gasteiger partial charge in [-0.05, 0) is 0 Å². The summed E-state index contributed by atoms with van der Waals surface area (Å²) in [5.41, 5.74) is 0. The van der Waals surface area contributed by atoms with E-state index in [2.05, 4.69) is 5.92 Å². The van der Waals surface area contributed by atoms with Crippen LogP contribution >= 0.6 is 0 Å². The highest BCUT2D eigenvalue weighted by molar-refractivity contribution is 4.89. The molecule has 1 saturated heterocycles. The van der Waals surface area contributed by atoms with Gasteiger partial charge in [-0.3, -0.25) is 0 Å². The fraction of sp³-hybridized carbons (Fsp3) is 0.800. The predicted molar refractivity (Wildman–Crippen MR) is 53.2 cm³/mol. The Kier molecular flexibility index (Phi) is 5.15. The number of hydrogen-bond acceptors (Lipinski definition) is 6. The lowest BCUT2D eigenvalue weighted by Gasteiger charge is -2.39. The standard InChI is InChI=1S/C10H16O6/c1-2-3-4-15-10-9(14)8(13)7(12)6(5-11)16-10/h1,6-14H,3-5H2/t6-,7+,8+,9-,10+/m1/s1. The molecule has 0 radical (unpaired) electrons. The minimum Gasteiger partial charge on any atom is -0.394 e. The molecule has 0 aliphatic carbocycles. The van der Waals surface area contributed by atoms with Crippen LogP contribution in [-0.2, 0) is 9.47 Å². The van der Waals surface area contributed by atoms with Gasteiger partial charge in [0.15, 0.2) is 6.29 Å². The summed E-state index contributed by atoms with van der Waals surface area (Å²) in [5, 5.41) is 37.3. The van der Waals surface area contributed by atoms with Crippen molar-refractivity contribution in [1.29, 1.82) is 0 Å². The molecule has 1 rings (SSSR count). The van der Waals surface area contributed by atoms with Crippen molar-refractivity contribution in [3.05, 3.63) is 0 Å². The van der Waals surface area contributed by atoms with Crippen molar-refractivity contribution in [3.63, 3.8) is 0 Å². The second kappa shape index (κ2) is 6.15. The summed E-state index contributed by atoms with van der Waals surface area (Å²) < 4.78 is 10.2. The summed E-state index contributed by atoms with van der Waals surface area (Å²) in [6, 6.07) is 0. The molecule has 1 heterocycles. The van der Waals surface area contributed by atoms with Crippen LogP contribution in [0.5, 0.6) is 0 Å². The van der Waals surface area contributed by atoms with Gasteiger partial charge in [0.2, 0.25) is 0 Å². The first kappa shape index (κ1) is 13.4. The molecule has 0 amide bonds. The fourth-order valence-electron chi connectivity index (χ4n) is 1.44. The fourth-order valence-corrected chi connectivity index (χ4v) is 1.44. The molecule has 5 atom stereocenters. The Morgan fingerprint density at radius 2 is 1.88 bits per heavy atom. The van der Waals surface area contributed by atoms with E-state index in [4.69, 9.17) is 21.0 Å². The average molecular weight is 232 g/mol. The third kappa shape index (κ3) is 2.92. The first-order valence-corrected chi connectivity index (χ1v) is 4.97. The maximum atomic E-state index is 9.53. The molecule has 6 heteroatoms. The number of aliphatic hydroxyl groups is 4. The van der Waals surface area contributed by atoms with Crippen LogP contribution in [0.1, 0.15) is 6.42 Å². The van der Waals surface area contributed by atoms with Crippen LogP contribution in [0.3, 0.4) is 0 Å². The van der Waals surface area contributed by atoms with E-state index >= 15 is 0 Å². The van der Waals surface area contributed by atoms with Gasteiger partial charge in [-0.25, -0.2) is 0 Å². The van der Waals surface area contributed by atoms with Gasteiger partial charge in [-0.2, -0.15) is 0 Å². The van der Waals surface area contributed by atoms with Gasteiger partial charge < -0.3 is 29.9 Å². The second-order valence-electron chi connectivity index (χ2n) is 3.52. The third-order valence-corrected chi connectivity index (χ3v) is 2.38. The van der Waals surface area contributed by atoms with E-state index in [1.807, 2.05) is 0 Å². The molecule has 0 saturated carbocycles. The smallest absolute Gasteiger partial charge is 0.186 e. The number of aliphatic hydroxyl groups excluding tert-OH is 4. The topological polar surface area (TPSA) is 99.4 Å². The van der Waals surface area contributed by atoms with Crippen molar-refractivity contribution in [1.82, 2.24) is 0 Å². The summed E-state index contributed by atoms with van der Waals surface area (Å²) in [4.78, 5) is 0. The molecule has 1 aliphatic rings. The number of terminal acetylenes is 1. The van der Waals surface area contributed by atoms with E-state index in [9.17, 15) is 15.3 Å².